The van der Waals surface area contributed by atoms with Crippen molar-refractivity contribution in [3.8, 4) is 0 Å². The molecule has 0 aliphatic carbocycles. The smallest absolute Gasteiger partial charge is 0.277 e. The summed E-state index contributed by atoms with van der Waals surface area (Å²) in [4.78, 5) is 24.2. The van der Waals surface area contributed by atoms with E-state index in [9.17, 15) is 4.79 Å². The van der Waals surface area contributed by atoms with Crippen LogP contribution in [0.4, 0.5) is 5.13 Å². The Kier molecular flexibility index (Phi) is 3.38. The van der Waals surface area contributed by atoms with Gasteiger partial charge in [-0.25, -0.2) is 9.97 Å². The summed E-state index contributed by atoms with van der Waals surface area (Å²) in [5.74, 6) is -0.294. The molecular formula is C12H14N4OS. The summed E-state index contributed by atoms with van der Waals surface area (Å²) in [5.41, 5.74) is 1.07. The molecule has 0 fully saturated rings. The Bertz CT molecular complexity index is 528. The minimum Gasteiger partial charge on any atom is -0.296 e. The van der Waals surface area contributed by atoms with E-state index in [0.717, 1.165) is 5.69 Å². The number of thiazole rings is 1. The number of nitrogens with one attached hydrogen (secondary N) is 1. The Morgan fingerprint density at radius 2 is 2.00 bits per heavy atom. The molecule has 1 N–H and O–H groups in total. The number of hydrogen-bond donors (Lipinski definition) is 1. The maximum Gasteiger partial charge on any atom is 0.277 e. The number of nitrogens with zero attached hydrogens (tertiary/aromatic N) is 3. The normalized spacial score (nSPS) is 11.3. The Balaban J connectivity index is 2.12. The molecule has 0 aliphatic rings. The molecule has 5 nitrogen and oxygen atoms in total. The van der Waals surface area contributed by atoms with Crippen LogP contribution >= 0.6 is 11.3 Å². The Hall–Kier alpha value is -1.82. The molecule has 2 heterocycles. The molecule has 6 heteroatoms. The van der Waals surface area contributed by atoms with Gasteiger partial charge in [0, 0.05) is 23.2 Å². The topological polar surface area (TPSA) is 67.8 Å². The van der Waals surface area contributed by atoms with Crippen LogP contribution in [0.3, 0.4) is 0 Å². The summed E-state index contributed by atoms with van der Waals surface area (Å²) >= 11 is 1.36. The van der Waals surface area contributed by atoms with Crippen molar-refractivity contribution in [1.82, 2.24) is 15.0 Å². The van der Waals surface area contributed by atoms with Gasteiger partial charge >= 0.3 is 0 Å². The maximum absolute atomic E-state index is 11.8. The SMILES string of the molecule is CC(C)(C)c1cnc(C(=O)Nc2nccs2)cn1. The highest BCUT2D eigenvalue weighted by Gasteiger charge is 2.17. The predicted octanol–water partition coefficient (Wildman–Crippen LogP) is 2.48. The van der Waals surface area contributed by atoms with Crippen LogP contribution in [0.15, 0.2) is 24.0 Å². The quantitative estimate of drug-likeness (QED) is 0.902. The van der Waals surface area contributed by atoms with Crippen LogP contribution in [-0.2, 0) is 5.41 Å². The van der Waals surface area contributed by atoms with E-state index in [1.807, 2.05) is 20.8 Å². The van der Waals surface area contributed by atoms with Crippen LogP contribution in [0, 0.1) is 0 Å². The number of rotatable bonds is 2. The molecule has 2 aromatic heterocycles. The van der Waals surface area contributed by atoms with Crippen molar-refractivity contribution in [3.05, 3.63) is 35.4 Å². The van der Waals surface area contributed by atoms with Gasteiger partial charge in [0.05, 0.1) is 11.9 Å². The van der Waals surface area contributed by atoms with Gasteiger partial charge in [0.15, 0.2) is 5.13 Å². The minimum atomic E-state index is -0.294. The molecule has 0 saturated carbocycles. The summed E-state index contributed by atoms with van der Waals surface area (Å²) in [6, 6.07) is 0. The van der Waals surface area contributed by atoms with E-state index in [2.05, 4.69) is 20.3 Å². The highest BCUT2D eigenvalue weighted by molar-refractivity contribution is 7.13. The molecule has 0 radical (unpaired) electrons. The molecule has 0 atom stereocenters. The van der Waals surface area contributed by atoms with Crippen LogP contribution in [0.2, 0.25) is 0 Å². The molecule has 18 heavy (non-hydrogen) atoms. The molecule has 1 amide bonds. The first kappa shape index (κ1) is 12.6. The standard InChI is InChI=1S/C12H14N4OS/c1-12(2,3)9-7-14-8(6-15-9)10(17)16-11-13-4-5-18-11/h4-7H,1-3H3,(H,13,16,17). The zero-order chi connectivity index (χ0) is 13.2. The van der Waals surface area contributed by atoms with Crippen LogP contribution in [-0.4, -0.2) is 20.9 Å². The highest BCUT2D eigenvalue weighted by Crippen LogP contribution is 2.18. The van der Waals surface area contributed by atoms with Crippen LogP contribution in [0.5, 0.6) is 0 Å². The van der Waals surface area contributed by atoms with Crippen molar-refractivity contribution in [2.75, 3.05) is 5.32 Å². The zero-order valence-corrected chi connectivity index (χ0v) is 11.3. The third-order valence-corrected chi connectivity index (χ3v) is 2.99. The predicted molar refractivity (Wildman–Crippen MR) is 70.8 cm³/mol. The van der Waals surface area contributed by atoms with Gasteiger partial charge < -0.3 is 0 Å². The average molecular weight is 262 g/mol. The fourth-order valence-corrected chi connectivity index (χ4v) is 1.80. The molecule has 2 rings (SSSR count). The van der Waals surface area contributed by atoms with Crippen molar-refractivity contribution in [2.24, 2.45) is 0 Å². The molecule has 0 aliphatic heterocycles. The largest absolute Gasteiger partial charge is 0.296 e. The number of carbonyl (C=O) groups excluding carboxylic acids is 1. The molecular weight excluding hydrogens is 248 g/mol. The second kappa shape index (κ2) is 4.81. The molecule has 0 aromatic carbocycles. The van der Waals surface area contributed by atoms with Gasteiger partial charge in [-0.3, -0.25) is 15.1 Å². The number of carbonyl (C=O) groups is 1. The van der Waals surface area contributed by atoms with Crippen molar-refractivity contribution < 1.29 is 4.79 Å². The Morgan fingerprint density at radius 1 is 1.22 bits per heavy atom. The Labute approximate surface area is 109 Å². The van der Waals surface area contributed by atoms with Crippen molar-refractivity contribution in [3.63, 3.8) is 0 Å². The summed E-state index contributed by atoms with van der Waals surface area (Å²) in [6.07, 6.45) is 4.76. The first-order valence-electron chi connectivity index (χ1n) is 5.50. The van der Waals surface area contributed by atoms with E-state index in [1.165, 1.54) is 17.5 Å². The van der Waals surface area contributed by atoms with E-state index in [-0.39, 0.29) is 11.3 Å². The van der Waals surface area contributed by atoms with E-state index < -0.39 is 0 Å². The second-order valence-electron chi connectivity index (χ2n) is 4.83. The highest BCUT2D eigenvalue weighted by atomic mass is 32.1. The monoisotopic (exact) mass is 262 g/mol. The number of hydrogen-bond acceptors (Lipinski definition) is 5. The number of aromatic nitrogens is 3. The van der Waals surface area contributed by atoms with E-state index >= 15 is 0 Å². The molecule has 2 aromatic rings. The number of anilines is 1. The summed E-state index contributed by atoms with van der Waals surface area (Å²) in [6.45, 7) is 6.14. The minimum absolute atomic E-state index is 0.0721. The van der Waals surface area contributed by atoms with Gasteiger partial charge in [0.1, 0.15) is 5.69 Å². The lowest BCUT2D eigenvalue weighted by atomic mass is 9.93. The average Bonchev–Trinajstić information content (AvgIpc) is 2.81. The van der Waals surface area contributed by atoms with Crippen LogP contribution < -0.4 is 5.32 Å². The lowest BCUT2D eigenvalue weighted by molar-refractivity contribution is 0.102. The first-order valence-corrected chi connectivity index (χ1v) is 6.38. The fourth-order valence-electron chi connectivity index (χ4n) is 1.28. The van der Waals surface area contributed by atoms with E-state index in [0.29, 0.717) is 10.8 Å². The summed E-state index contributed by atoms with van der Waals surface area (Å²) in [7, 11) is 0. The zero-order valence-electron chi connectivity index (χ0n) is 10.5. The number of amides is 1. The molecule has 0 saturated heterocycles. The Morgan fingerprint density at radius 3 is 2.50 bits per heavy atom. The fraction of sp³-hybridized carbons (Fsp3) is 0.333. The van der Waals surface area contributed by atoms with Gasteiger partial charge in [-0.15, -0.1) is 11.3 Å². The van der Waals surface area contributed by atoms with Crippen molar-refractivity contribution in [2.45, 2.75) is 26.2 Å². The van der Waals surface area contributed by atoms with E-state index in [1.54, 1.807) is 17.8 Å². The third kappa shape index (κ3) is 2.89. The van der Waals surface area contributed by atoms with E-state index in [4.69, 9.17) is 0 Å². The molecule has 94 valence electrons. The lowest BCUT2D eigenvalue weighted by Crippen LogP contribution is -2.18. The summed E-state index contributed by atoms with van der Waals surface area (Å²) in [5, 5.41) is 5.02. The van der Waals surface area contributed by atoms with Gasteiger partial charge in [0.25, 0.3) is 5.91 Å². The maximum atomic E-state index is 11.8. The lowest BCUT2D eigenvalue weighted by Gasteiger charge is -2.16. The van der Waals surface area contributed by atoms with Crippen molar-refractivity contribution >= 4 is 22.4 Å². The first-order chi connectivity index (χ1) is 8.47. The summed E-state index contributed by atoms with van der Waals surface area (Å²) < 4.78 is 0. The van der Waals surface area contributed by atoms with Gasteiger partial charge in [0.2, 0.25) is 0 Å². The molecule has 0 bridgehead atoms. The van der Waals surface area contributed by atoms with Crippen LogP contribution in [0.25, 0.3) is 0 Å². The van der Waals surface area contributed by atoms with Gasteiger partial charge in [-0.05, 0) is 0 Å². The molecule has 0 spiro atoms. The third-order valence-electron chi connectivity index (χ3n) is 2.31. The van der Waals surface area contributed by atoms with Crippen LogP contribution in [0.1, 0.15) is 37.0 Å². The van der Waals surface area contributed by atoms with Gasteiger partial charge in [-0.2, -0.15) is 0 Å². The van der Waals surface area contributed by atoms with Gasteiger partial charge in [-0.1, -0.05) is 20.8 Å². The molecule has 0 unspecified atom stereocenters. The van der Waals surface area contributed by atoms with Crippen molar-refractivity contribution in [1.29, 1.82) is 0 Å². The second-order valence-corrected chi connectivity index (χ2v) is 5.72.